The lowest BCUT2D eigenvalue weighted by atomic mass is 9.92. The van der Waals surface area contributed by atoms with Gasteiger partial charge in [0, 0.05) is 18.7 Å². The van der Waals surface area contributed by atoms with Gasteiger partial charge in [0.2, 0.25) is 0 Å². The molecule has 15 heavy (non-hydrogen) atoms. The van der Waals surface area contributed by atoms with Gasteiger partial charge in [0.25, 0.3) is 0 Å². The summed E-state index contributed by atoms with van der Waals surface area (Å²) in [6.07, 6.45) is 2.70. The Morgan fingerprint density at radius 1 is 1.47 bits per heavy atom. The minimum absolute atomic E-state index is 0.0670. The zero-order chi connectivity index (χ0) is 11.4. The van der Waals surface area contributed by atoms with Crippen LogP contribution in [0, 0.1) is 11.8 Å². The van der Waals surface area contributed by atoms with Crippen LogP contribution in [-0.4, -0.2) is 15.6 Å². The molecular formula is C12H20N2O. The summed E-state index contributed by atoms with van der Waals surface area (Å²) in [6, 6.07) is 1.82. The van der Waals surface area contributed by atoms with Gasteiger partial charge in [0.15, 0.2) is 5.78 Å². The van der Waals surface area contributed by atoms with Crippen LogP contribution in [0.3, 0.4) is 0 Å². The van der Waals surface area contributed by atoms with Crippen molar-refractivity contribution in [1.82, 2.24) is 9.78 Å². The van der Waals surface area contributed by atoms with Gasteiger partial charge in [-0.05, 0) is 18.4 Å². The number of carbonyl (C=O) groups excluding carboxylic acids is 1. The average Bonchev–Trinajstić information content (AvgIpc) is 2.64. The van der Waals surface area contributed by atoms with Gasteiger partial charge in [-0.2, -0.15) is 5.10 Å². The molecule has 0 saturated carbocycles. The highest BCUT2D eigenvalue weighted by Gasteiger charge is 2.21. The van der Waals surface area contributed by atoms with Crippen LogP contribution in [0.15, 0.2) is 12.3 Å². The number of rotatable bonds is 5. The Kier molecular flexibility index (Phi) is 4.06. The van der Waals surface area contributed by atoms with Gasteiger partial charge in [0.05, 0.1) is 0 Å². The molecule has 0 aromatic carbocycles. The first-order chi connectivity index (χ1) is 7.07. The molecule has 0 fully saturated rings. The number of ketones is 1. The molecule has 84 valence electrons. The maximum absolute atomic E-state index is 12.1. The molecule has 1 atom stereocenters. The SMILES string of the molecule is CCCn1nccc1C(=O)C(C)C(C)C. The van der Waals surface area contributed by atoms with Crippen LogP contribution >= 0.6 is 0 Å². The van der Waals surface area contributed by atoms with E-state index in [9.17, 15) is 4.79 Å². The fourth-order valence-corrected chi connectivity index (χ4v) is 1.47. The predicted molar refractivity (Wildman–Crippen MR) is 60.9 cm³/mol. The van der Waals surface area contributed by atoms with E-state index in [1.165, 1.54) is 0 Å². The van der Waals surface area contributed by atoms with E-state index in [4.69, 9.17) is 0 Å². The van der Waals surface area contributed by atoms with Crippen LogP contribution in [0.1, 0.15) is 44.6 Å². The summed E-state index contributed by atoms with van der Waals surface area (Å²) >= 11 is 0. The summed E-state index contributed by atoms with van der Waals surface area (Å²) in [6.45, 7) is 9.03. The van der Waals surface area contributed by atoms with E-state index in [0.29, 0.717) is 5.92 Å². The standard InChI is InChI=1S/C12H20N2O/c1-5-8-14-11(6-7-13-14)12(15)10(4)9(2)3/h6-7,9-10H,5,8H2,1-4H3. The van der Waals surface area contributed by atoms with E-state index in [0.717, 1.165) is 18.7 Å². The van der Waals surface area contributed by atoms with E-state index < -0.39 is 0 Å². The van der Waals surface area contributed by atoms with Crippen molar-refractivity contribution < 1.29 is 4.79 Å². The Hall–Kier alpha value is -1.12. The largest absolute Gasteiger partial charge is 0.292 e. The Balaban J connectivity index is 2.86. The van der Waals surface area contributed by atoms with Crippen molar-refractivity contribution in [2.45, 2.75) is 40.7 Å². The molecule has 0 spiro atoms. The second-order valence-corrected chi connectivity index (χ2v) is 4.34. The van der Waals surface area contributed by atoms with E-state index in [1.807, 2.05) is 13.0 Å². The topological polar surface area (TPSA) is 34.9 Å². The van der Waals surface area contributed by atoms with Gasteiger partial charge >= 0.3 is 0 Å². The van der Waals surface area contributed by atoms with Gasteiger partial charge in [0.1, 0.15) is 5.69 Å². The molecule has 0 aliphatic rings. The molecule has 0 radical (unpaired) electrons. The van der Waals surface area contributed by atoms with Crippen LogP contribution in [0.2, 0.25) is 0 Å². The van der Waals surface area contributed by atoms with E-state index >= 15 is 0 Å². The highest BCUT2D eigenvalue weighted by atomic mass is 16.1. The van der Waals surface area contributed by atoms with E-state index in [-0.39, 0.29) is 11.7 Å². The minimum Gasteiger partial charge on any atom is -0.292 e. The number of hydrogen-bond donors (Lipinski definition) is 0. The Morgan fingerprint density at radius 3 is 2.67 bits per heavy atom. The molecule has 0 aliphatic heterocycles. The predicted octanol–water partition coefficient (Wildman–Crippen LogP) is 2.77. The Morgan fingerprint density at radius 2 is 2.13 bits per heavy atom. The van der Waals surface area contributed by atoms with Crippen LogP contribution in [0.4, 0.5) is 0 Å². The van der Waals surface area contributed by atoms with Crippen molar-refractivity contribution in [2.75, 3.05) is 0 Å². The molecule has 1 unspecified atom stereocenters. The van der Waals surface area contributed by atoms with Crippen molar-refractivity contribution in [3.8, 4) is 0 Å². The van der Waals surface area contributed by atoms with Gasteiger partial charge in [-0.25, -0.2) is 0 Å². The second kappa shape index (κ2) is 5.10. The third-order valence-electron chi connectivity index (χ3n) is 2.82. The van der Waals surface area contributed by atoms with Crippen molar-refractivity contribution >= 4 is 5.78 Å². The summed E-state index contributed by atoms with van der Waals surface area (Å²) in [5.41, 5.74) is 0.748. The zero-order valence-electron chi connectivity index (χ0n) is 10.0. The molecule has 3 heteroatoms. The Bertz CT molecular complexity index is 328. The Labute approximate surface area is 91.5 Å². The number of aromatic nitrogens is 2. The number of Topliss-reactive ketones (excluding diaryl/α,β-unsaturated/α-hetero) is 1. The summed E-state index contributed by atoms with van der Waals surface area (Å²) in [5, 5.41) is 4.16. The summed E-state index contributed by atoms with van der Waals surface area (Å²) in [7, 11) is 0. The van der Waals surface area contributed by atoms with Crippen molar-refractivity contribution in [3.05, 3.63) is 18.0 Å². The minimum atomic E-state index is 0.0670. The fourth-order valence-electron chi connectivity index (χ4n) is 1.47. The van der Waals surface area contributed by atoms with Crippen LogP contribution in [0.5, 0.6) is 0 Å². The second-order valence-electron chi connectivity index (χ2n) is 4.34. The van der Waals surface area contributed by atoms with Gasteiger partial charge in [-0.1, -0.05) is 27.7 Å². The number of aryl methyl sites for hydroxylation is 1. The highest BCUT2D eigenvalue weighted by molar-refractivity contribution is 5.96. The number of nitrogens with zero attached hydrogens (tertiary/aromatic N) is 2. The molecule has 1 aromatic rings. The molecule has 3 nitrogen and oxygen atoms in total. The zero-order valence-corrected chi connectivity index (χ0v) is 10.0. The molecule has 1 aromatic heterocycles. The smallest absolute Gasteiger partial charge is 0.183 e. The third-order valence-corrected chi connectivity index (χ3v) is 2.82. The molecule has 0 amide bonds. The summed E-state index contributed by atoms with van der Waals surface area (Å²) < 4.78 is 1.81. The molecule has 0 aliphatic carbocycles. The molecule has 0 N–H and O–H groups in total. The van der Waals surface area contributed by atoms with Gasteiger partial charge in [-0.3, -0.25) is 9.48 Å². The number of carbonyl (C=O) groups is 1. The van der Waals surface area contributed by atoms with Crippen molar-refractivity contribution in [2.24, 2.45) is 11.8 Å². The fraction of sp³-hybridized carbons (Fsp3) is 0.667. The quantitative estimate of drug-likeness (QED) is 0.697. The van der Waals surface area contributed by atoms with Crippen LogP contribution < -0.4 is 0 Å². The summed E-state index contributed by atoms with van der Waals surface area (Å²) in [5.74, 6) is 0.649. The maximum Gasteiger partial charge on any atom is 0.183 e. The lowest BCUT2D eigenvalue weighted by molar-refractivity contribution is 0.0888. The molecule has 1 heterocycles. The van der Waals surface area contributed by atoms with E-state index in [2.05, 4.69) is 25.9 Å². The number of hydrogen-bond acceptors (Lipinski definition) is 2. The van der Waals surface area contributed by atoms with Crippen LogP contribution in [-0.2, 0) is 6.54 Å². The molecule has 0 bridgehead atoms. The van der Waals surface area contributed by atoms with E-state index in [1.54, 1.807) is 10.9 Å². The monoisotopic (exact) mass is 208 g/mol. The molecular weight excluding hydrogens is 188 g/mol. The molecule has 0 saturated heterocycles. The third kappa shape index (κ3) is 2.67. The first kappa shape index (κ1) is 12.0. The first-order valence-corrected chi connectivity index (χ1v) is 5.64. The molecule has 1 rings (SSSR count). The van der Waals surface area contributed by atoms with Crippen molar-refractivity contribution in [1.29, 1.82) is 0 Å². The van der Waals surface area contributed by atoms with Crippen LogP contribution in [0.25, 0.3) is 0 Å². The highest BCUT2D eigenvalue weighted by Crippen LogP contribution is 2.16. The average molecular weight is 208 g/mol. The van der Waals surface area contributed by atoms with Crippen molar-refractivity contribution in [3.63, 3.8) is 0 Å². The normalized spacial score (nSPS) is 13.1. The van der Waals surface area contributed by atoms with Gasteiger partial charge in [-0.15, -0.1) is 0 Å². The lowest BCUT2D eigenvalue weighted by Gasteiger charge is -2.14. The maximum atomic E-state index is 12.1. The summed E-state index contributed by atoms with van der Waals surface area (Å²) in [4.78, 5) is 12.1. The lowest BCUT2D eigenvalue weighted by Crippen LogP contribution is -2.20. The first-order valence-electron chi connectivity index (χ1n) is 5.64. The van der Waals surface area contributed by atoms with Gasteiger partial charge < -0.3 is 0 Å².